The zero-order valence-electron chi connectivity index (χ0n) is 20.5. The van der Waals surface area contributed by atoms with Crippen molar-refractivity contribution in [3.05, 3.63) is 78.9 Å². The standard InChI is InChI=1S/C28H25FN8/c1-37(2)12-11-30-19-14-17(13-18(29)15-19)26-20-16-25(33-21(20)8-10-32-26)28-27-24(35-36-28)7-6-23(34-27)22-5-3-4-9-31-22/h3-10,13-16,30,33H,11-12H2,1-2H3,(H,35,36). The minimum atomic E-state index is -0.316. The molecule has 0 fully saturated rings. The number of nitrogens with one attached hydrogen (secondary N) is 3. The zero-order valence-corrected chi connectivity index (χ0v) is 20.5. The average Bonchev–Trinajstić information content (AvgIpc) is 3.52. The van der Waals surface area contributed by atoms with Gasteiger partial charge in [-0.15, -0.1) is 0 Å². The van der Waals surface area contributed by atoms with Gasteiger partial charge in [-0.1, -0.05) is 6.07 Å². The van der Waals surface area contributed by atoms with Crippen molar-refractivity contribution in [2.75, 3.05) is 32.5 Å². The lowest BCUT2D eigenvalue weighted by atomic mass is 10.1. The molecule has 6 aromatic rings. The maximum absolute atomic E-state index is 14.6. The Hall–Kier alpha value is -4.63. The molecule has 0 spiro atoms. The van der Waals surface area contributed by atoms with Crippen molar-refractivity contribution < 1.29 is 4.39 Å². The van der Waals surface area contributed by atoms with Crippen LogP contribution in [0.2, 0.25) is 0 Å². The van der Waals surface area contributed by atoms with Crippen molar-refractivity contribution >= 4 is 27.6 Å². The number of fused-ring (bicyclic) bond motifs is 2. The first-order valence-corrected chi connectivity index (χ1v) is 12.0. The second kappa shape index (κ2) is 9.44. The van der Waals surface area contributed by atoms with Gasteiger partial charge in [0.1, 0.15) is 17.0 Å². The number of hydrogen-bond donors (Lipinski definition) is 3. The molecule has 0 saturated carbocycles. The molecule has 8 nitrogen and oxygen atoms in total. The number of benzene rings is 1. The summed E-state index contributed by atoms with van der Waals surface area (Å²) in [6, 6.07) is 18.5. The Morgan fingerprint density at radius 2 is 1.81 bits per heavy atom. The quantitative estimate of drug-likeness (QED) is 0.278. The summed E-state index contributed by atoms with van der Waals surface area (Å²) in [6.45, 7) is 1.55. The summed E-state index contributed by atoms with van der Waals surface area (Å²) in [5, 5.41) is 11.8. The third kappa shape index (κ3) is 4.52. The fraction of sp³-hybridized carbons (Fsp3) is 0.143. The van der Waals surface area contributed by atoms with Gasteiger partial charge in [0.2, 0.25) is 0 Å². The van der Waals surface area contributed by atoms with Crippen LogP contribution in [0.15, 0.2) is 73.1 Å². The lowest BCUT2D eigenvalue weighted by molar-refractivity contribution is 0.425. The predicted molar refractivity (Wildman–Crippen MR) is 145 cm³/mol. The van der Waals surface area contributed by atoms with Crippen LogP contribution in [-0.2, 0) is 0 Å². The summed E-state index contributed by atoms with van der Waals surface area (Å²) >= 11 is 0. The fourth-order valence-electron chi connectivity index (χ4n) is 4.41. The lowest BCUT2D eigenvalue weighted by Gasteiger charge is -2.12. The van der Waals surface area contributed by atoms with Gasteiger partial charge in [0.15, 0.2) is 0 Å². The molecule has 6 rings (SSSR count). The van der Waals surface area contributed by atoms with Gasteiger partial charge in [0.25, 0.3) is 0 Å². The molecule has 184 valence electrons. The first-order valence-electron chi connectivity index (χ1n) is 12.0. The second-order valence-electron chi connectivity index (χ2n) is 9.14. The van der Waals surface area contributed by atoms with Gasteiger partial charge < -0.3 is 15.2 Å². The summed E-state index contributed by atoms with van der Waals surface area (Å²) in [5.74, 6) is -0.316. The maximum Gasteiger partial charge on any atom is 0.135 e. The number of aromatic nitrogens is 6. The Morgan fingerprint density at radius 1 is 0.892 bits per heavy atom. The van der Waals surface area contributed by atoms with Crippen LogP contribution in [0.25, 0.3) is 56.0 Å². The van der Waals surface area contributed by atoms with Crippen LogP contribution in [0.5, 0.6) is 0 Å². The molecule has 0 bridgehead atoms. The van der Waals surface area contributed by atoms with Crippen LogP contribution in [0.4, 0.5) is 10.1 Å². The Kier molecular flexibility index (Phi) is 5.82. The summed E-state index contributed by atoms with van der Waals surface area (Å²) in [5.41, 5.74) is 7.60. The number of likely N-dealkylation sites (N-methyl/N-ethyl adjacent to an activating group) is 1. The summed E-state index contributed by atoms with van der Waals surface area (Å²) in [7, 11) is 4.01. The lowest BCUT2D eigenvalue weighted by Crippen LogP contribution is -2.20. The van der Waals surface area contributed by atoms with E-state index in [1.165, 1.54) is 12.1 Å². The molecule has 0 saturated heterocycles. The van der Waals surface area contributed by atoms with Crippen molar-refractivity contribution in [1.29, 1.82) is 0 Å². The van der Waals surface area contributed by atoms with Gasteiger partial charge in [-0.2, -0.15) is 5.10 Å². The maximum atomic E-state index is 14.6. The van der Waals surface area contributed by atoms with Gasteiger partial charge in [-0.05, 0) is 68.7 Å². The molecule has 0 radical (unpaired) electrons. The fourth-order valence-corrected chi connectivity index (χ4v) is 4.41. The van der Waals surface area contributed by atoms with Crippen molar-refractivity contribution in [2.45, 2.75) is 0 Å². The highest BCUT2D eigenvalue weighted by molar-refractivity contribution is 5.99. The van der Waals surface area contributed by atoms with E-state index >= 15 is 0 Å². The summed E-state index contributed by atoms with van der Waals surface area (Å²) in [6.07, 6.45) is 3.47. The largest absolute Gasteiger partial charge is 0.384 e. The van der Waals surface area contributed by atoms with Crippen LogP contribution in [0.1, 0.15) is 0 Å². The van der Waals surface area contributed by atoms with Gasteiger partial charge in [0.05, 0.1) is 28.3 Å². The first kappa shape index (κ1) is 22.8. The smallest absolute Gasteiger partial charge is 0.135 e. The molecule has 0 unspecified atom stereocenters. The average molecular weight is 493 g/mol. The molecule has 5 aromatic heterocycles. The van der Waals surface area contributed by atoms with Crippen molar-refractivity contribution in [1.82, 2.24) is 35.0 Å². The normalized spacial score (nSPS) is 11.6. The number of hydrogen-bond acceptors (Lipinski definition) is 6. The second-order valence-corrected chi connectivity index (χ2v) is 9.14. The number of nitrogens with zero attached hydrogens (tertiary/aromatic N) is 5. The van der Waals surface area contributed by atoms with E-state index in [9.17, 15) is 4.39 Å². The Morgan fingerprint density at radius 3 is 2.65 bits per heavy atom. The van der Waals surface area contributed by atoms with Gasteiger partial charge >= 0.3 is 0 Å². The van der Waals surface area contributed by atoms with Crippen molar-refractivity contribution in [3.8, 4) is 34.0 Å². The Labute approximate surface area is 212 Å². The van der Waals surface area contributed by atoms with E-state index in [1.807, 2.05) is 62.6 Å². The van der Waals surface area contributed by atoms with Crippen molar-refractivity contribution in [2.24, 2.45) is 0 Å². The first-order chi connectivity index (χ1) is 18.0. The van der Waals surface area contributed by atoms with E-state index in [1.54, 1.807) is 12.4 Å². The highest BCUT2D eigenvalue weighted by Crippen LogP contribution is 2.34. The van der Waals surface area contributed by atoms with E-state index in [0.717, 1.165) is 51.3 Å². The highest BCUT2D eigenvalue weighted by Gasteiger charge is 2.16. The van der Waals surface area contributed by atoms with Gasteiger partial charge in [0, 0.05) is 47.6 Å². The van der Waals surface area contributed by atoms with Crippen LogP contribution in [-0.4, -0.2) is 62.2 Å². The molecular formula is C28H25FN8. The molecule has 0 aliphatic rings. The number of aromatic amines is 2. The molecule has 9 heteroatoms. The SMILES string of the molecule is CN(C)CCNc1cc(F)cc(-c2nccc3[nH]c(-c4n[nH]c5ccc(-c6ccccn6)nc45)cc23)c1. The Bertz CT molecular complexity index is 1700. The molecule has 0 atom stereocenters. The van der Waals surface area contributed by atoms with Crippen LogP contribution in [0.3, 0.4) is 0 Å². The van der Waals surface area contributed by atoms with Crippen LogP contribution < -0.4 is 5.32 Å². The summed E-state index contributed by atoms with van der Waals surface area (Å²) in [4.78, 5) is 19.4. The van der Waals surface area contributed by atoms with Gasteiger partial charge in [-0.25, -0.2) is 9.37 Å². The van der Waals surface area contributed by atoms with Crippen LogP contribution >= 0.6 is 0 Å². The molecule has 1 aromatic carbocycles. The van der Waals surface area contributed by atoms with Gasteiger partial charge in [-0.3, -0.25) is 15.1 Å². The van der Waals surface area contributed by atoms with Crippen LogP contribution in [0, 0.1) is 5.82 Å². The monoisotopic (exact) mass is 492 g/mol. The zero-order chi connectivity index (χ0) is 25.4. The third-order valence-electron chi connectivity index (χ3n) is 6.20. The number of anilines is 1. The number of H-pyrrole nitrogens is 2. The summed E-state index contributed by atoms with van der Waals surface area (Å²) < 4.78 is 14.6. The molecule has 0 aliphatic carbocycles. The minimum absolute atomic E-state index is 0.316. The Balaban J connectivity index is 1.41. The third-order valence-corrected chi connectivity index (χ3v) is 6.20. The number of rotatable bonds is 7. The van der Waals surface area contributed by atoms with E-state index in [0.29, 0.717) is 23.5 Å². The van der Waals surface area contributed by atoms with E-state index < -0.39 is 0 Å². The van der Waals surface area contributed by atoms with E-state index in [-0.39, 0.29) is 5.82 Å². The number of pyridine rings is 3. The topological polar surface area (TPSA) is 98.4 Å². The molecule has 3 N–H and O–H groups in total. The molecule has 0 aliphatic heterocycles. The molecule has 0 amide bonds. The highest BCUT2D eigenvalue weighted by atomic mass is 19.1. The van der Waals surface area contributed by atoms with E-state index in [4.69, 9.17) is 4.98 Å². The predicted octanol–water partition coefficient (Wildman–Crippen LogP) is 5.34. The minimum Gasteiger partial charge on any atom is -0.384 e. The van der Waals surface area contributed by atoms with E-state index in [2.05, 4.69) is 35.4 Å². The molecule has 37 heavy (non-hydrogen) atoms. The van der Waals surface area contributed by atoms with Crippen molar-refractivity contribution in [3.63, 3.8) is 0 Å². The molecular weight excluding hydrogens is 467 g/mol. The number of halogens is 1. The molecule has 5 heterocycles.